The molecule has 1 aromatic carbocycles. The Labute approximate surface area is 128 Å². The highest BCUT2D eigenvalue weighted by Gasteiger charge is 2.04. The fourth-order valence-electron chi connectivity index (χ4n) is 1.47. The normalized spacial score (nSPS) is 10.8. The zero-order valence-corrected chi connectivity index (χ0v) is 12.7. The van der Waals surface area contributed by atoms with Crippen LogP contribution in [0.4, 0.5) is 0 Å². The second kappa shape index (κ2) is 6.88. The number of benzene rings is 1. The topological polar surface area (TPSA) is 47.0 Å². The van der Waals surface area contributed by atoms with Crippen molar-refractivity contribution in [3.8, 4) is 11.6 Å². The SMILES string of the molecule is CC(C)NCc1ccc(Oc2ccc(Cl)c(Cl)c2)nn1. The van der Waals surface area contributed by atoms with Crippen molar-refractivity contribution in [1.29, 1.82) is 0 Å². The van der Waals surface area contributed by atoms with Crippen molar-refractivity contribution in [3.05, 3.63) is 46.1 Å². The molecule has 0 radical (unpaired) electrons. The van der Waals surface area contributed by atoms with Gasteiger partial charge in [-0.05, 0) is 18.2 Å². The molecule has 106 valence electrons. The molecular formula is C14H15Cl2N3O. The molecule has 0 atom stereocenters. The minimum Gasteiger partial charge on any atom is -0.437 e. The third-order valence-electron chi connectivity index (χ3n) is 2.50. The summed E-state index contributed by atoms with van der Waals surface area (Å²) in [4.78, 5) is 0. The first-order valence-electron chi connectivity index (χ1n) is 6.23. The van der Waals surface area contributed by atoms with E-state index in [4.69, 9.17) is 27.9 Å². The lowest BCUT2D eigenvalue weighted by atomic mass is 10.3. The van der Waals surface area contributed by atoms with Gasteiger partial charge in [-0.15, -0.1) is 5.10 Å². The van der Waals surface area contributed by atoms with E-state index in [9.17, 15) is 0 Å². The van der Waals surface area contributed by atoms with Gasteiger partial charge in [-0.1, -0.05) is 37.0 Å². The maximum absolute atomic E-state index is 5.92. The van der Waals surface area contributed by atoms with E-state index in [2.05, 4.69) is 29.4 Å². The number of nitrogens with one attached hydrogen (secondary N) is 1. The second-order valence-electron chi connectivity index (χ2n) is 4.58. The van der Waals surface area contributed by atoms with E-state index in [1.807, 2.05) is 6.07 Å². The minimum absolute atomic E-state index is 0.406. The molecule has 0 amide bonds. The van der Waals surface area contributed by atoms with Crippen LogP contribution in [0.2, 0.25) is 10.0 Å². The van der Waals surface area contributed by atoms with Gasteiger partial charge in [0.1, 0.15) is 5.75 Å². The molecule has 2 aromatic rings. The first-order chi connectivity index (χ1) is 9.54. The van der Waals surface area contributed by atoms with Crippen molar-refractivity contribution in [2.24, 2.45) is 0 Å². The van der Waals surface area contributed by atoms with Crippen LogP contribution in [0.1, 0.15) is 19.5 Å². The third-order valence-corrected chi connectivity index (χ3v) is 3.24. The fourth-order valence-corrected chi connectivity index (χ4v) is 1.75. The first-order valence-corrected chi connectivity index (χ1v) is 6.99. The Balaban J connectivity index is 2.01. The van der Waals surface area contributed by atoms with Crippen molar-refractivity contribution < 1.29 is 4.74 Å². The van der Waals surface area contributed by atoms with Gasteiger partial charge in [0, 0.05) is 24.7 Å². The quantitative estimate of drug-likeness (QED) is 0.904. The molecule has 0 fully saturated rings. The van der Waals surface area contributed by atoms with Crippen LogP contribution < -0.4 is 10.1 Å². The molecule has 0 unspecified atom stereocenters. The Morgan fingerprint density at radius 3 is 2.50 bits per heavy atom. The summed E-state index contributed by atoms with van der Waals surface area (Å²) in [6.45, 7) is 4.84. The Kier molecular flexibility index (Phi) is 5.17. The molecule has 1 aromatic heterocycles. The number of nitrogens with zero attached hydrogens (tertiary/aromatic N) is 2. The zero-order chi connectivity index (χ0) is 14.5. The van der Waals surface area contributed by atoms with Crippen LogP contribution in [0.5, 0.6) is 11.6 Å². The summed E-state index contributed by atoms with van der Waals surface area (Å²) in [6.07, 6.45) is 0. The predicted molar refractivity (Wildman–Crippen MR) is 80.5 cm³/mol. The fraction of sp³-hybridized carbons (Fsp3) is 0.286. The lowest BCUT2D eigenvalue weighted by molar-refractivity contribution is 0.452. The maximum Gasteiger partial charge on any atom is 0.238 e. The average Bonchev–Trinajstić information content (AvgIpc) is 2.42. The first kappa shape index (κ1) is 15.0. The van der Waals surface area contributed by atoms with Crippen molar-refractivity contribution in [2.75, 3.05) is 0 Å². The van der Waals surface area contributed by atoms with Crippen molar-refractivity contribution in [3.63, 3.8) is 0 Å². The molecule has 0 spiro atoms. The van der Waals surface area contributed by atoms with Crippen molar-refractivity contribution >= 4 is 23.2 Å². The Morgan fingerprint density at radius 2 is 1.90 bits per heavy atom. The van der Waals surface area contributed by atoms with E-state index in [0.29, 0.717) is 34.3 Å². The summed E-state index contributed by atoms with van der Waals surface area (Å²) >= 11 is 11.8. The van der Waals surface area contributed by atoms with Crippen LogP contribution in [-0.2, 0) is 6.54 Å². The van der Waals surface area contributed by atoms with E-state index in [1.54, 1.807) is 24.3 Å². The summed E-state index contributed by atoms with van der Waals surface area (Å²) in [5, 5.41) is 12.3. The number of ether oxygens (including phenoxy) is 1. The monoisotopic (exact) mass is 311 g/mol. The van der Waals surface area contributed by atoms with Crippen LogP contribution in [-0.4, -0.2) is 16.2 Å². The molecule has 0 bridgehead atoms. The van der Waals surface area contributed by atoms with Crippen LogP contribution in [0, 0.1) is 0 Å². The Bertz CT molecular complexity index is 573. The van der Waals surface area contributed by atoms with E-state index in [1.165, 1.54) is 0 Å². The molecule has 1 heterocycles. The number of hydrogen-bond donors (Lipinski definition) is 1. The van der Waals surface area contributed by atoms with E-state index in [0.717, 1.165) is 5.69 Å². The molecule has 6 heteroatoms. The number of halogens is 2. The minimum atomic E-state index is 0.406. The number of rotatable bonds is 5. The molecule has 2 rings (SSSR count). The largest absolute Gasteiger partial charge is 0.437 e. The maximum atomic E-state index is 5.92. The van der Waals surface area contributed by atoms with Crippen LogP contribution in [0.3, 0.4) is 0 Å². The molecule has 0 aliphatic carbocycles. The molecular weight excluding hydrogens is 297 g/mol. The second-order valence-corrected chi connectivity index (χ2v) is 5.39. The van der Waals surface area contributed by atoms with E-state index in [-0.39, 0.29) is 0 Å². The lowest BCUT2D eigenvalue weighted by Gasteiger charge is -2.08. The number of hydrogen-bond acceptors (Lipinski definition) is 4. The average molecular weight is 312 g/mol. The lowest BCUT2D eigenvalue weighted by Crippen LogP contribution is -2.22. The molecule has 0 saturated heterocycles. The summed E-state index contributed by atoms with van der Waals surface area (Å²) in [5.74, 6) is 0.985. The van der Waals surface area contributed by atoms with Gasteiger partial charge in [0.05, 0.1) is 15.7 Å². The smallest absolute Gasteiger partial charge is 0.238 e. The molecule has 4 nitrogen and oxygen atoms in total. The van der Waals surface area contributed by atoms with Gasteiger partial charge in [-0.2, -0.15) is 5.10 Å². The summed E-state index contributed by atoms with van der Waals surface area (Å²) in [6, 6.07) is 9.09. The van der Waals surface area contributed by atoms with Gasteiger partial charge in [0.25, 0.3) is 0 Å². The summed E-state index contributed by atoms with van der Waals surface area (Å²) in [5.41, 5.74) is 0.861. The van der Waals surface area contributed by atoms with Gasteiger partial charge in [-0.3, -0.25) is 0 Å². The highest BCUT2D eigenvalue weighted by Crippen LogP contribution is 2.28. The van der Waals surface area contributed by atoms with Crippen LogP contribution >= 0.6 is 23.2 Å². The van der Waals surface area contributed by atoms with Crippen LogP contribution in [0.15, 0.2) is 30.3 Å². The van der Waals surface area contributed by atoms with Gasteiger partial charge >= 0.3 is 0 Å². The standard InChI is InChI=1S/C14H15Cl2N3O/c1-9(2)17-8-10-3-6-14(19-18-10)20-11-4-5-12(15)13(16)7-11/h3-7,9,17H,8H2,1-2H3. The van der Waals surface area contributed by atoms with Gasteiger partial charge in [-0.25, -0.2) is 0 Å². The summed E-state index contributed by atoms with van der Waals surface area (Å²) in [7, 11) is 0. The highest BCUT2D eigenvalue weighted by molar-refractivity contribution is 6.42. The van der Waals surface area contributed by atoms with Crippen LogP contribution in [0.25, 0.3) is 0 Å². The third kappa shape index (κ3) is 4.34. The molecule has 1 N–H and O–H groups in total. The molecule has 20 heavy (non-hydrogen) atoms. The van der Waals surface area contributed by atoms with Gasteiger partial charge in [0.2, 0.25) is 5.88 Å². The number of aromatic nitrogens is 2. The van der Waals surface area contributed by atoms with Gasteiger partial charge in [0.15, 0.2) is 0 Å². The molecule has 0 saturated carbocycles. The van der Waals surface area contributed by atoms with E-state index < -0.39 is 0 Å². The molecule has 0 aliphatic rings. The predicted octanol–water partition coefficient (Wildman–Crippen LogP) is 4.07. The van der Waals surface area contributed by atoms with Crippen molar-refractivity contribution in [2.45, 2.75) is 26.4 Å². The molecule has 0 aliphatic heterocycles. The van der Waals surface area contributed by atoms with Gasteiger partial charge < -0.3 is 10.1 Å². The highest BCUT2D eigenvalue weighted by atomic mass is 35.5. The zero-order valence-electron chi connectivity index (χ0n) is 11.2. The van der Waals surface area contributed by atoms with E-state index >= 15 is 0 Å². The van der Waals surface area contributed by atoms with Crippen molar-refractivity contribution in [1.82, 2.24) is 15.5 Å². The Morgan fingerprint density at radius 1 is 1.10 bits per heavy atom. The Hall–Kier alpha value is -1.36. The summed E-state index contributed by atoms with van der Waals surface area (Å²) < 4.78 is 5.56.